The number of rotatable bonds is 0. The molecular formula is H12Cl2Co7. The molecule has 0 spiro atoms. The van der Waals surface area contributed by atoms with Gasteiger partial charge in [0.05, 0.1) is 0 Å². The maximum Gasteiger partial charge on any atom is 2.00 e. The van der Waals surface area contributed by atoms with Crippen LogP contribution in [0.1, 0.15) is 17.1 Å². The first-order valence-electron chi connectivity index (χ1n) is 0. The predicted molar refractivity (Wildman–Crippen MR) is 13.3 cm³/mol. The number of hydrogen-bond donors (Lipinski definition) is 0. The Morgan fingerprint density at radius 1 is 0.333 bits per heavy atom. The smallest absolute Gasteiger partial charge is 1.00 e. The average molecular weight is 496 g/mol. The van der Waals surface area contributed by atoms with Gasteiger partial charge in [-0.2, -0.15) is 0 Å². The maximum absolute atomic E-state index is 0. The van der Waals surface area contributed by atoms with Crippen LogP contribution in [0.2, 0.25) is 0 Å². The summed E-state index contributed by atoms with van der Waals surface area (Å²) in [5, 5.41) is 0. The molecule has 0 aliphatic rings. The molecule has 0 bridgehead atoms. The van der Waals surface area contributed by atoms with Gasteiger partial charge in [-0.05, 0) is 0 Å². The maximum atomic E-state index is 0. The van der Waals surface area contributed by atoms with Crippen LogP contribution < -0.4 is 24.8 Å². The van der Waals surface area contributed by atoms with Crippen LogP contribution in [0.3, 0.4) is 0 Å². The Kier molecular flexibility index (Phi) is 1110. The Bertz CT molecular complexity index is 27.6. The van der Waals surface area contributed by atoms with E-state index in [-0.39, 0.29) is 159 Å². The van der Waals surface area contributed by atoms with E-state index in [0.717, 1.165) is 0 Å². The van der Waals surface area contributed by atoms with Gasteiger partial charge in [0.2, 0.25) is 0 Å². The van der Waals surface area contributed by atoms with E-state index >= 15 is 0 Å². The van der Waals surface area contributed by atoms with Gasteiger partial charge in [-0.3, -0.25) is 0 Å². The number of hydrogen-bond acceptors (Lipinski definition) is 0. The fourth-order valence-electron chi connectivity index (χ4n) is 0. The van der Waals surface area contributed by atoms with Crippen molar-refractivity contribution in [2.24, 2.45) is 0 Å². The van der Waals surface area contributed by atoms with Crippen molar-refractivity contribution < 1.29 is 159 Å². The van der Waals surface area contributed by atoms with Crippen LogP contribution in [0.15, 0.2) is 0 Å². The van der Waals surface area contributed by atoms with Crippen molar-refractivity contribution in [2.45, 2.75) is 0 Å². The summed E-state index contributed by atoms with van der Waals surface area (Å²) >= 11 is 0. The monoisotopic (exact) mass is 495 g/mol. The van der Waals surface area contributed by atoms with Gasteiger partial charge < -0.3 is 41.9 Å². The third-order valence-corrected chi connectivity index (χ3v) is 0. The minimum absolute atomic E-state index is 0. The van der Waals surface area contributed by atoms with Crippen LogP contribution in [0.5, 0.6) is 0 Å². The van der Waals surface area contributed by atoms with Gasteiger partial charge in [0, 0.05) is 0 Å². The van der Waals surface area contributed by atoms with E-state index in [1.54, 1.807) is 0 Å². The van der Waals surface area contributed by atoms with Crippen LogP contribution in [0.25, 0.3) is 0 Å². The van der Waals surface area contributed by atoms with Crippen LogP contribution in [0, 0.1) is 0 Å². The summed E-state index contributed by atoms with van der Waals surface area (Å²) in [6.45, 7) is 0. The van der Waals surface area contributed by atoms with Gasteiger partial charge >= 0.3 is 117 Å². The molecule has 89 valence electrons. The molecule has 0 fully saturated rings. The van der Waals surface area contributed by atoms with Crippen LogP contribution in [0.4, 0.5) is 0 Å². The summed E-state index contributed by atoms with van der Waals surface area (Å²) in [7, 11) is 0. The molecule has 0 aliphatic carbocycles. The molecule has 9 heavy (non-hydrogen) atoms. The molecule has 0 aromatic rings. The Morgan fingerprint density at radius 2 is 0.333 bits per heavy atom. The molecule has 0 saturated carbocycles. The first-order chi connectivity index (χ1) is 0. The van der Waals surface area contributed by atoms with Gasteiger partial charge in [-0.15, -0.1) is 0 Å². The molecule has 0 N–H and O–H groups in total. The molecule has 0 nitrogen and oxygen atoms in total. The molecule has 0 atom stereocenters. The zero-order valence-electron chi connectivity index (χ0n) is 15.1. The van der Waals surface area contributed by atoms with E-state index in [2.05, 4.69) is 0 Å². The summed E-state index contributed by atoms with van der Waals surface area (Å²) in [5.74, 6) is 0. The van der Waals surface area contributed by atoms with E-state index in [0.29, 0.717) is 0 Å². The fraction of sp³-hybridized carbons (Fsp3) is 0. The second-order valence-corrected chi connectivity index (χ2v) is 0. The Morgan fingerprint density at radius 3 is 0.333 bits per heavy atom. The molecule has 0 saturated heterocycles. The van der Waals surface area contributed by atoms with Crippen LogP contribution in [-0.4, -0.2) is 0 Å². The van der Waals surface area contributed by atoms with E-state index in [1.807, 2.05) is 0 Å². The first kappa shape index (κ1) is 113. The summed E-state index contributed by atoms with van der Waals surface area (Å²) in [6.07, 6.45) is 0. The van der Waals surface area contributed by atoms with Crippen molar-refractivity contribution in [1.82, 2.24) is 0 Å². The van der Waals surface area contributed by atoms with Gasteiger partial charge in [0.1, 0.15) is 0 Å². The SMILES string of the molecule is [Cl-].[Cl-].[Co+2].[Co+2].[Co+2].[Co+2].[Co+2].[Co+2].[Co+2].[H-].[H-].[H-].[H-].[H-].[H-].[H-].[H-].[H-].[H-].[H-].[H-]. The van der Waals surface area contributed by atoms with Crippen LogP contribution in [-0.2, 0) is 117 Å². The molecule has 0 amide bonds. The molecule has 9 heteroatoms. The standard InChI is InChI=1S/2ClH.7Co.12H/h2*1H;;;;;;;;;;;;;;;;;;;/q;;7*+2;12*-1/p-2. The molecule has 0 rings (SSSR count). The molecule has 7 radical (unpaired) electrons. The second-order valence-electron chi connectivity index (χ2n) is 0. The summed E-state index contributed by atoms with van der Waals surface area (Å²) in [5.41, 5.74) is 0. The van der Waals surface area contributed by atoms with E-state index < -0.39 is 0 Å². The Hall–Kier alpha value is 4.13. The quantitative estimate of drug-likeness (QED) is 0.317. The minimum atomic E-state index is 0. The van der Waals surface area contributed by atoms with Crippen molar-refractivity contribution in [3.05, 3.63) is 0 Å². The zero-order chi connectivity index (χ0) is 0. The molecule has 0 aromatic carbocycles. The topological polar surface area (TPSA) is 0 Å². The normalized spacial score (nSPS) is 0. The second kappa shape index (κ2) is 88.2. The first-order valence-corrected chi connectivity index (χ1v) is 0. The Labute approximate surface area is 158 Å². The molecule has 0 heterocycles. The minimum Gasteiger partial charge on any atom is -1.00 e. The van der Waals surface area contributed by atoms with E-state index in [9.17, 15) is 0 Å². The van der Waals surface area contributed by atoms with Crippen molar-refractivity contribution in [3.8, 4) is 0 Å². The van der Waals surface area contributed by atoms with Crippen molar-refractivity contribution in [3.63, 3.8) is 0 Å². The van der Waals surface area contributed by atoms with Crippen molar-refractivity contribution in [2.75, 3.05) is 0 Å². The van der Waals surface area contributed by atoms with Gasteiger partial charge in [-0.1, -0.05) is 0 Å². The predicted octanol–water partition coefficient (Wildman–Crippen LogP) is -4.66. The molecule has 0 aliphatic heterocycles. The third kappa shape index (κ3) is 73.0. The summed E-state index contributed by atoms with van der Waals surface area (Å²) in [4.78, 5) is 0. The van der Waals surface area contributed by atoms with Gasteiger partial charge in [0.15, 0.2) is 0 Å². The van der Waals surface area contributed by atoms with Crippen molar-refractivity contribution >= 4 is 0 Å². The molecular weight excluding hydrogens is 483 g/mol. The number of halogens is 2. The van der Waals surface area contributed by atoms with Crippen LogP contribution >= 0.6 is 0 Å². The van der Waals surface area contributed by atoms with E-state index in [1.165, 1.54) is 0 Å². The van der Waals surface area contributed by atoms with Gasteiger partial charge in [-0.25, -0.2) is 0 Å². The third-order valence-electron chi connectivity index (χ3n) is 0. The average Bonchev–Trinajstić information content (AvgIpc) is 0. The molecule has 0 unspecified atom stereocenters. The van der Waals surface area contributed by atoms with E-state index in [4.69, 9.17) is 0 Å². The summed E-state index contributed by atoms with van der Waals surface area (Å²) < 4.78 is 0. The molecule has 0 aromatic heterocycles. The largest absolute Gasteiger partial charge is 2.00 e. The van der Waals surface area contributed by atoms with Gasteiger partial charge in [0.25, 0.3) is 0 Å². The van der Waals surface area contributed by atoms with Crippen molar-refractivity contribution in [1.29, 1.82) is 0 Å². The zero-order valence-corrected chi connectivity index (χ0v) is 11.9. The summed E-state index contributed by atoms with van der Waals surface area (Å²) in [6, 6.07) is 0. The fourth-order valence-corrected chi connectivity index (χ4v) is 0. The Balaban J connectivity index is 0.